The monoisotopic (exact) mass is 301 g/mol. The van der Waals surface area contributed by atoms with Gasteiger partial charge in [0.2, 0.25) is 0 Å². The highest BCUT2D eigenvalue weighted by molar-refractivity contribution is 5.89. The second-order valence-corrected chi connectivity index (χ2v) is 5.23. The number of benzene rings is 2. The Hall–Kier alpha value is -2.40. The van der Waals surface area contributed by atoms with E-state index >= 15 is 0 Å². The maximum atomic E-state index is 12.8. The fourth-order valence-electron chi connectivity index (χ4n) is 2.17. The van der Waals surface area contributed by atoms with E-state index in [0.717, 1.165) is 5.56 Å². The molecule has 0 saturated heterocycles. The lowest BCUT2D eigenvalue weighted by Crippen LogP contribution is -2.36. The highest BCUT2D eigenvalue weighted by Crippen LogP contribution is 2.16. The quantitative estimate of drug-likeness (QED) is 0.890. The van der Waals surface area contributed by atoms with Crippen molar-refractivity contribution in [2.75, 3.05) is 26.0 Å². The predicted octanol–water partition coefficient (Wildman–Crippen LogP) is 3.25. The van der Waals surface area contributed by atoms with Crippen LogP contribution in [0, 0.1) is 5.82 Å². The maximum absolute atomic E-state index is 12.8. The molecule has 116 valence electrons. The Labute approximate surface area is 129 Å². The molecule has 2 rings (SSSR count). The summed E-state index contributed by atoms with van der Waals surface area (Å²) in [4.78, 5) is 14.0. The summed E-state index contributed by atoms with van der Waals surface area (Å²) in [5, 5.41) is 5.52. The standard InChI is InChI=1S/C17H20FN3O/c1-21(2)16(13-6-4-3-5-7-13)12-19-17(22)20-15-10-8-14(18)9-11-15/h3-11,16H,12H2,1-2H3,(H2,19,20,22). The molecule has 0 aromatic heterocycles. The summed E-state index contributed by atoms with van der Waals surface area (Å²) in [5.74, 6) is -0.331. The minimum absolute atomic E-state index is 0.0835. The second kappa shape index (κ2) is 7.56. The van der Waals surface area contributed by atoms with Crippen LogP contribution in [0.25, 0.3) is 0 Å². The van der Waals surface area contributed by atoms with E-state index in [0.29, 0.717) is 12.2 Å². The minimum atomic E-state index is -0.331. The van der Waals surface area contributed by atoms with Crippen molar-refractivity contribution in [3.05, 3.63) is 66.0 Å². The lowest BCUT2D eigenvalue weighted by Gasteiger charge is -2.25. The summed E-state index contributed by atoms with van der Waals surface area (Å²) < 4.78 is 12.8. The molecule has 0 bridgehead atoms. The van der Waals surface area contributed by atoms with Gasteiger partial charge in [0, 0.05) is 12.2 Å². The van der Waals surface area contributed by atoms with Gasteiger partial charge in [-0.3, -0.25) is 0 Å². The summed E-state index contributed by atoms with van der Waals surface area (Å²) in [7, 11) is 3.94. The van der Waals surface area contributed by atoms with Crippen LogP contribution >= 0.6 is 0 Å². The summed E-state index contributed by atoms with van der Waals surface area (Å²) >= 11 is 0. The maximum Gasteiger partial charge on any atom is 0.319 e. The molecule has 0 spiro atoms. The Morgan fingerprint density at radius 3 is 2.32 bits per heavy atom. The highest BCUT2D eigenvalue weighted by Gasteiger charge is 2.14. The summed E-state index contributed by atoms with van der Waals surface area (Å²) in [6, 6.07) is 15.4. The lowest BCUT2D eigenvalue weighted by molar-refractivity contribution is 0.243. The number of amides is 2. The number of carbonyl (C=O) groups excluding carboxylic acids is 1. The Kier molecular flexibility index (Phi) is 5.49. The van der Waals surface area contributed by atoms with Crippen LogP contribution < -0.4 is 10.6 Å². The van der Waals surface area contributed by atoms with E-state index in [-0.39, 0.29) is 17.9 Å². The zero-order valence-electron chi connectivity index (χ0n) is 12.7. The number of hydrogen-bond acceptors (Lipinski definition) is 2. The Balaban J connectivity index is 1.92. The van der Waals surface area contributed by atoms with Gasteiger partial charge < -0.3 is 15.5 Å². The van der Waals surface area contributed by atoms with E-state index in [1.165, 1.54) is 24.3 Å². The molecule has 22 heavy (non-hydrogen) atoms. The zero-order valence-corrected chi connectivity index (χ0v) is 12.7. The van der Waals surface area contributed by atoms with Crippen LogP contribution in [-0.2, 0) is 0 Å². The van der Waals surface area contributed by atoms with Crippen molar-refractivity contribution >= 4 is 11.7 Å². The fraction of sp³-hybridized carbons (Fsp3) is 0.235. The number of urea groups is 1. The van der Waals surface area contributed by atoms with Gasteiger partial charge in [-0.25, -0.2) is 9.18 Å². The van der Waals surface area contributed by atoms with Gasteiger partial charge in [-0.15, -0.1) is 0 Å². The van der Waals surface area contributed by atoms with E-state index in [4.69, 9.17) is 0 Å². The van der Waals surface area contributed by atoms with Gasteiger partial charge in [0.1, 0.15) is 5.82 Å². The topological polar surface area (TPSA) is 44.4 Å². The molecule has 2 amide bonds. The van der Waals surface area contributed by atoms with Gasteiger partial charge in [0.05, 0.1) is 6.04 Å². The van der Waals surface area contributed by atoms with E-state index in [1.54, 1.807) is 0 Å². The minimum Gasteiger partial charge on any atom is -0.336 e. The highest BCUT2D eigenvalue weighted by atomic mass is 19.1. The van der Waals surface area contributed by atoms with Crippen LogP contribution in [0.1, 0.15) is 11.6 Å². The number of halogens is 1. The van der Waals surface area contributed by atoms with Crippen LogP contribution in [0.4, 0.5) is 14.9 Å². The van der Waals surface area contributed by atoms with Crippen molar-refractivity contribution in [2.45, 2.75) is 6.04 Å². The average Bonchev–Trinajstić information content (AvgIpc) is 2.50. The number of carbonyl (C=O) groups is 1. The van der Waals surface area contributed by atoms with Crippen molar-refractivity contribution in [3.63, 3.8) is 0 Å². The first-order valence-corrected chi connectivity index (χ1v) is 7.08. The first kappa shape index (κ1) is 16.0. The van der Waals surface area contributed by atoms with E-state index in [1.807, 2.05) is 49.3 Å². The second-order valence-electron chi connectivity index (χ2n) is 5.23. The molecule has 4 nitrogen and oxygen atoms in total. The van der Waals surface area contributed by atoms with Gasteiger partial charge in [-0.1, -0.05) is 30.3 Å². The number of nitrogens with zero attached hydrogens (tertiary/aromatic N) is 1. The summed E-state index contributed by atoms with van der Waals surface area (Å²) in [6.07, 6.45) is 0. The first-order chi connectivity index (χ1) is 10.6. The molecule has 0 saturated carbocycles. The molecule has 0 aliphatic carbocycles. The molecule has 0 radical (unpaired) electrons. The number of likely N-dealkylation sites (N-methyl/N-ethyl adjacent to an activating group) is 1. The molecule has 1 unspecified atom stereocenters. The zero-order chi connectivity index (χ0) is 15.9. The molecule has 1 atom stereocenters. The Morgan fingerprint density at radius 1 is 1.09 bits per heavy atom. The molecule has 0 aliphatic heterocycles. The normalized spacial score (nSPS) is 12.0. The van der Waals surface area contributed by atoms with Gasteiger partial charge in [-0.05, 0) is 43.9 Å². The van der Waals surface area contributed by atoms with Gasteiger partial charge in [-0.2, -0.15) is 0 Å². The van der Waals surface area contributed by atoms with E-state index < -0.39 is 0 Å². The average molecular weight is 301 g/mol. The fourth-order valence-corrected chi connectivity index (χ4v) is 2.17. The lowest BCUT2D eigenvalue weighted by atomic mass is 10.1. The molecule has 2 aromatic carbocycles. The molecule has 2 N–H and O–H groups in total. The third kappa shape index (κ3) is 4.56. The third-order valence-corrected chi connectivity index (χ3v) is 3.37. The molecule has 0 aliphatic rings. The third-order valence-electron chi connectivity index (χ3n) is 3.37. The van der Waals surface area contributed by atoms with Crippen molar-refractivity contribution in [3.8, 4) is 0 Å². The summed E-state index contributed by atoms with van der Waals surface area (Å²) in [5.41, 5.74) is 1.69. The van der Waals surface area contributed by atoms with E-state index in [2.05, 4.69) is 10.6 Å². The van der Waals surface area contributed by atoms with Crippen molar-refractivity contribution in [2.24, 2.45) is 0 Å². The largest absolute Gasteiger partial charge is 0.336 e. The van der Waals surface area contributed by atoms with Crippen LogP contribution in [0.15, 0.2) is 54.6 Å². The number of rotatable bonds is 5. The molecular weight excluding hydrogens is 281 g/mol. The molecule has 5 heteroatoms. The van der Waals surface area contributed by atoms with E-state index in [9.17, 15) is 9.18 Å². The van der Waals surface area contributed by atoms with Gasteiger partial charge in [0.25, 0.3) is 0 Å². The molecule has 0 heterocycles. The summed E-state index contributed by atoms with van der Waals surface area (Å²) in [6.45, 7) is 0.476. The molecule has 0 fully saturated rings. The van der Waals surface area contributed by atoms with Gasteiger partial charge in [0.15, 0.2) is 0 Å². The van der Waals surface area contributed by atoms with Crippen molar-refractivity contribution in [1.82, 2.24) is 10.2 Å². The van der Waals surface area contributed by atoms with Crippen LogP contribution in [0.2, 0.25) is 0 Å². The van der Waals surface area contributed by atoms with Crippen LogP contribution in [0.3, 0.4) is 0 Å². The Morgan fingerprint density at radius 2 is 1.73 bits per heavy atom. The van der Waals surface area contributed by atoms with Crippen LogP contribution in [-0.4, -0.2) is 31.6 Å². The number of nitrogens with one attached hydrogen (secondary N) is 2. The SMILES string of the molecule is CN(C)C(CNC(=O)Nc1ccc(F)cc1)c1ccccc1. The van der Waals surface area contributed by atoms with Crippen LogP contribution in [0.5, 0.6) is 0 Å². The number of anilines is 1. The molecule has 2 aromatic rings. The predicted molar refractivity (Wildman–Crippen MR) is 86.3 cm³/mol. The van der Waals surface area contributed by atoms with Gasteiger partial charge >= 0.3 is 6.03 Å². The molecular formula is C17H20FN3O. The van der Waals surface area contributed by atoms with Crippen molar-refractivity contribution in [1.29, 1.82) is 0 Å². The Bertz CT molecular complexity index is 599. The smallest absolute Gasteiger partial charge is 0.319 e. The van der Waals surface area contributed by atoms with Crippen molar-refractivity contribution < 1.29 is 9.18 Å². The number of hydrogen-bond donors (Lipinski definition) is 2. The first-order valence-electron chi connectivity index (χ1n) is 7.08.